The number of nitriles is 1. The third kappa shape index (κ3) is 2.11. The maximum Gasteiger partial charge on any atom is 0.245 e. The number of aliphatic imine (C=N–C) groups is 1. The average molecular weight is 200 g/mol. The summed E-state index contributed by atoms with van der Waals surface area (Å²) in [6.07, 6.45) is 0.264. The van der Waals surface area contributed by atoms with Gasteiger partial charge in [-0.25, -0.2) is 4.99 Å². The smallest absolute Gasteiger partial charge is 0.245 e. The van der Waals surface area contributed by atoms with Crippen molar-refractivity contribution >= 4 is 17.4 Å². The number of carbonyl (C=O) groups excluding carboxylic acids is 1. The molecular formula is C10H8N4O. The number of hydrogen-bond acceptors (Lipinski definition) is 3. The molecule has 1 saturated heterocycles. The number of nitrogens with zero attached hydrogens (tertiary/aromatic N) is 2. The van der Waals surface area contributed by atoms with Gasteiger partial charge in [-0.2, -0.15) is 5.26 Å². The van der Waals surface area contributed by atoms with E-state index in [1.165, 1.54) is 0 Å². The van der Waals surface area contributed by atoms with Crippen LogP contribution in [0, 0.1) is 11.3 Å². The van der Waals surface area contributed by atoms with Gasteiger partial charge in [-0.05, 0) is 24.3 Å². The summed E-state index contributed by atoms with van der Waals surface area (Å²) < 4.78 is 0. The molecule has 1 fully saturated rings. The maximum absolute atomic E-state index is 10.8. The van der Waals surface area contributed by atoms with Crippen LogP contribution in [0.15, 0.2) is 29.3 Å². The van der Waals surface area contributed by atoms with Crippen LogP contribution in [0.4, 0.5) is 5.69 Å². The minimum atomic E-state index is -0.0950. The maximum atomic E-state index is 10.8. The number of carbonyl (C=O) groups is 1. The topological polar surface area (TPSA) is 77.3 Å². The summed E-state index contributed by atoms with van der Waals surface area (Å²) in [5.74, 6) is 0.493. The molecule has 0 spiro atoms. The van der Waals surface area contributed by atoms with Gasteiger partial charge in [-0.1, -0.05) is 0 Å². The van der Waals surface area contributed by atoms with Crippen molar-refractivity contribution in [3.63, 3.8) is 0 Å². The van der Waals surface area contributed by atoms with Crippen molar-refractivity contribution in [1.82, 2.24) is 10.9 Å². The molecule has 0 unspecified atom stereocenters. The van der Waals surface area contributed by atoms with Crippen LogP contribution in [0.5, 0.6) is 0 Å². The first kappa shape index (κ1) is 9.21. The monoisotopic (exact) mass is 200 g/mol. The highest BCUT2D eigenvalue weighted by Crippen LogP contribution is 2.13. The number of hydrogen-bond donors (Lipinski definition) is 2. The highest BCUT2D eigenvalue weighted by atomic mass is 16.2. The second kappa shape index (κ2) is 3.80. The van der Waals surface area contributed by atoms with Gasteiger partial charge in [0.25, 0.3) is 0 Å². The summed E-state index contributed by atoms with van der Waals surface area (Å²) in [4.78, 5) is 15.0. The lowest BCUT2D eigenvalue weighted by molar-refractivity contribution is -0.119. The number of benzene rings is 1. The molecule has 2 N–H and O–H groups in total. The van der Waals surface area contributed by atoms with Crippen molar-refractivity contribution in [2.75, 3.05) is 0 Å². The van der Waals surface area contributed by atoms with E-state index in [1.807, 2.05) is 6.07 Å². The molecular weight excluding hydrogens is 192 g/mol. The number of nitrogens with one attached hydrogen (secondary N) is 2. The Hall–Kier alpha value is -2.35. The van der Waals surface area contributed by atoms with Crippen LogP contribution in [-0.4, -0.2) is 11.7 Å². The molecule has 1 aliphatic heterocycles. The van der Waals surface area contributed by atoms with Gasteiger partial charge < -0.3 is 0 Å². The van der Waals surface area contributed by atoms with E-state index >= 15 is 0 Å². The van der Waals surface area contributed by atoms with Crippen molar-refractivity contribution < 1.29 is 4.79 Å². The average Bonchev–Trinajstić information content (AvgIpc) is 2.65. The number of amides is 1. The van der Waals surface area contributed by atoms with Gasteiger partial charge in [-0.3, -0.25) is 15.6 Å². The minimum Gasteiger partial charge on any atom is -0.285 e. The third-order valence-corrected chi connectivity index (χ3v) is 1.93. The summed E-state index contributed by atoms with van der Waals surface area (Å²) in [6, 6.07) is 8.86. The Bertz CT molecular complexity index is 455. The molecule has 0 aromatic heterocycles. The lowest BCUT2D eigenvalue weighted by Crippen LogP contribution is -2.28. The van der Waals surface area contributed by atoms with Crippen LogP contribution in [0.3, 0.4) is 0 Å². The first-order valence-corrected chi connectivity index (χ1v) is 4.40. The quantitative estimate of drug-likeness (QED) is 0.697. The van der Waals surface area contributed by atoms with E-state index in [-0.39, 0.29) is 12.3 Å². The zero-order chi connectivity index (χ0) is 10.7. The van der Waals surface area contributed by atoms with E-state index in [4.69, 9.17) is 5.26 Å². The van der Waals surface area contributed by atoms with Crippen molar-refractivity contribution in [1.29, 1.82) is 5.26 Å². The molecule has 0 radical (unpaired) electrons. The van der Waals surface area contributed by atoms with Gasteiger partial charge in [-0.15, -0.1) is 0 Å². The Morgan fingerprint density at radius 3 is 2.53 bits per heavy atom. The van der Waals surface area contributed by atoms with Crippen molar-refractivity contribution in [2.45, 2.75) is 6.42 Å². The van der Waals surface area contributed by atoms with Gasteiger partial charge in [0, 0.05) is 0 Å². The van der Waals surface area contributed by atoms with Crippen LogP contribution in [0.1, 0.15) is 12.0 Å². The minimum absolute atomic E-state index is 0.0950. The molecule has 74 valence electrons. The lowest BCUT2D eigenvalue weighted by Gasteiger charge is -1.97. The Morgan fingerprint density at radius 1 is 1.27 bits per heavy atom. The molecule has 1 aromatic rings. The fourth-order valence-electron chi connectivity index (χ4n) is 1.22. The van der Waals surface area contributed by atoms with E-state index in [1.54, 1.807) is 24.3 Å². The van der Waals surface area contributed by atoms with Gasteiger partial charge in [0.05, 0.1) is 23.7 Å². The first-order valence-electron chi connectivity index (χ1n) is 4.40. The fourth-order valence-corrected chi connectivity index (χ4v) is 1.22. The van der Waals surface area contributed by atoms with Gasteiger partial charge in [0.2, 0.25) is 5.91 Å². The van der Waals surface area contributed by atoms with E-state index in [0.29, 0.717) is 17.1 Å². The summed E-state index contributed by atoms with van der Waals surface area (Å²) in [7, 11) is 0. The highest BCUT2D eigenvalue weighted by molar-refractivity contribution is 6.05. The standard InChI is InChI=1S/C10H8N4O/c11-6-7-1-3-8(4-2-7)12-9-5-10(15)14-13-9/h1-4H,5H2,(H,12,13)(H,14,15). The second-order valence-corrected chi connectivity index (χ2v) is 3.07. The summed E-state index contributed by atoms with van der Waals surface area (Å²) in [6.45, 7) is 0. The Labute approximate surface area is 86.4 Å². The molecule has 5 heteroatoms. The third-order valence-electron chi connectivity index (χ3n) is 1.93. The second-order valence-electron chi connectivity index (χ2n) is 3.07. The zero-order valence-corrected chi connectivity index (χ0v) is 7.82. The Kier molecular flexibility index (Phi) is 2.33. The predicted molar refractivity (Wildman–Crippen MR) is 54.1 cm³/mol. The summed E-state index contributed by atoms with van der Waals surface area (Å²) >= 11 is 0. The Morgan fingerprint density at radius 2 is 2.00 bits per heavy atom. The van der Waals surface area contributed by atoms with E-state index < -0.39 is 0 Å². The molecule has 0 bridgehead atoms. The molecule has 5 nitrogen and oxygen atoms in total. The fraction of sp³-hybridized carbons (Fsp3) is 0.100. The SMILES string of the molecule is N#Cc1ccc(N=C2CC(=O)NN2)cc1. The molecule has 0 atom stereocenters. The molecule has 0 aliphatic carbocycles. The number of amidine groups is 1. The zero-order valence-electron chi connectivity index (χ0n) is 7.82. The van der Waals surface area contributed by atoms with Gasteiger partial charge in [0.1, 0.15) is 5.84 Å². The van der Waals surface area contributed by atoms with Crippen molar-refractivity contribution in [3.05, 3.63) is 29.8 Å². The molecule has 15 heavy (non-hydrogen) atoms. The van der Waals surface area contributed by atoms with Crippen LogP contribution in [0.25, 0.3) is 0 Å². The van der Waals surface area contributed by atoms with Gasteiger partial charge in [0.15, 0.2) is 0 Å². The summed E-state index contributed by atoms with van der Waals surface area (Å²) in [5, 5.41) is 8.59. The van der Waals surface area contributed by atoms with Crippen LogP contribution >= 0.6 is 0 Å². The Balaban J connectivity index is 2.18. The largest absolute Gasteiger partial charge is 0.285 e. The van der Waals surface area contributed by atoms with Crippen molar-refractivity contribution in [3.8, 4) is 6.07 Å². The lowest BCUT2D eigenvalue weighted by atomic mass is 10.2. The molecule has 1 aliphatic rings. The molecule has 1 amide bonds. The molecule has 2 rings (SSSR count). The molecule has 1 aromatic carbocycles. The predicted octanol–water partition coefficient (Wildman–Crippen LogP) is 0.613. The van der Waals surface area contributed by atoms with Gasteiger partial charge >= 0.3 is 0 Å². The molecule has 0 saturated carbocycles. The highest BCUT2D eigenvalue weighted by Gasteiger charge is 2.14. The van der Waals surface area contributed by atoms with E-state index in [9.17, 15) is 4.79 Å². The van der Waals surface area contributed by atoms with Crippen LogP contribution < -0.4 is 10.9 Å². The number of rotatable bonds is 1. The van der Waals surface area contributed by atoms with Crippen LogP contribution in [0.2, 0.25) is 0 Å². The normalized spacial score (nSPS) is 17.0. The number of hydrazine groups is 1. The molecule has 1 heterocycles. The first-order chi connectivity index (χ1) is 7.28. The van der Waals surface area contributed by atoms with E-state index in [0.717, 1.165) is 0 Å². The van der Waals surface area contributed by atoms with Crippen LogP contribution in [-0.2, 0) is 4.79 Å². The van der Waals surface area contributed by atoms with Crippen molar-refractivity contribution in [2.24, 2.45) is 4.99 Å². The summed E-state index contributed by atoms with van der Waals surface area (Å²) in [5.41, 5.74) is 6.42. The van der Waals surface area contributed by atoms with E-state index in [2.05, 4.69) is 15.8 Å².